The summed E-state index contributed by atoms with van der Waals surface area (Å²) in [5.74, 6) is -0.421. The molecule has 2 aliphatic heterocycles. The highest BCUT2D eigenvalue weighted by atomic mass is 19.1. The second-order valence-electron chi connectivity index (χ2n) is 7.67. The Balaban J connectivity index is 1.41. The second kappa shape index (κ2) is 7.36. The van der Waals surface area contributed by atoms with Crippen molar-refractivity contribution in [3.63, 3.8) is 0 Å². The van der Waals surface area contributed by atoms with Crippen molar-refractivity contribution in [3.8, 4) is 0 Å². The van der Waals surface area contributed by atoms with Crippen molar-refractivity contribution in [1.29, 1.82) is 0 Å². The maximum absolute atomic E-state index is 13.5. The van der Waals surface area contributed by atoms with Gasteiger partial charge in [-0.1, -0.05) is 6.07 Å². The van der Waals surface area contributed by atoms with Gasteiger partial charge in [-0.05, 0) is 42.5 Å². The van der Waals surface area contributed by atoms with Crippen molar-refractivity contribution >= 4 is 23.3 Å². The third-order valence-electron chi connectivity index (χ3n) is 5.48. The molecular weight excluding hydrogens is 373 g/mol. The van der Waals surface area contributed by atoms with Gasteiger partial charge in [0.1, 0.15) is 11.5 Å². The van der Waals surface area contributed by atoms with Gasteiger partial charge in [0.05, 0.1) is 5.69 Å². The van der Waals surface area contributed by atoms with E-state index in [1.165, 1.54) is 17.1 Å². The number of likely N-dealkylation sites (tertiary alicyclic amines) is 1. The number of nitrogens with zero attached hydrogens (tertiary/aromatic N) is 3. The predicted molar refractivity (Wildman–Crippen MR) is 109 cm³/mol. The van der Waals surface area contributed by atoms with Crippen molar-refractivity contribution in [1.82, 2.24) is 15.6 Å². The largest absolute Gasteiger partial charge is 0.378 e. The third kappa shape index (κ3) is 3.75. The molecule has 2 aromatic rings. The summed E-state index contributed by atoms with van der Waals surface area (Å²) >= 11 is 0. The summed E-state index contributed by atoms with van der Waals surface area (Å²) in [5, 5.41) is 4.30. The number of halogens is 1. The molecular formula is C21H24FN5O2. The van der Waals surface area contributed by atoms with E-state index in [2.05, 4.69) is 10.7 Å². The van der Waals surface area contributed by atoms with Gasteiger partial charge in [-0.2, -0.15) is 0 Å². The van der Waals surface area contributed by atoms with Gasteiger partial charge in [-0.25, -0.2) is 19.6 Å². The Labute approximate surface area is 169 Å². The van der Waals surface area contributed by atoms with Crippen molar-refractivity contribution in [2.45, 2.75) is 18.5 Å². The van der Waals surface area contributed by atoms with Crippen LogP contribution in [0.4, 0.5) is 20.6 Å². The molecule has 0 unspecified atom stereocenters. The molecule has 4 rings (SSSR count). The number of amides is 3. The smallest absolute Gasteiger partial charge is 0.338 e. The predicted octanol–water partition coefficient (Wildman–Crippen LogP) is 2.56. The Morgan fingerprint density at radius 1 is 1.10 bits per heavy atom. The van der Waals surface area contributed by atoms with Gasteiger partial charge < -0.3 is 15.1 Å². The molecule has 2 aliphatic rings. The van der Waals surface area contributed by atoms with Gasteiger partial charge in [0.2, 0.25) is 0 Å². The van der Waals surface area contributed by atoms with E-state index in [4.69, 9.17) is 0 Å². The van der Waals surface area contributed by atoms with E-state index in [0.29, 0.717) is 37.2 Å². The highest BCUT2D eigenvalue weighted by Crippen LogP contribution is 2.28. The molecule has 29 heavy (non-hydrogen) atoms. The molecule has 0 aliphatic carbocycles. The summed E-state index contributed by atoms with van der Waals surface area (Å²) in [5.41, 5.74) is 4.68. The van der Waals surface area contributed by atoms with Crippen LogP contribution in [0.25, 0.3) is 0 Å². The number of carbonyl (C=O) groups excluding carboxylic acids is 2. The molecule has 2 fully saturated rings. The lowest BCUT2D eigenvalue weighted by atomic mass is 9.97. The van der Waals surface area contributed by atoms with Gasteiger partial charge in [0.25, 0.3) is 5.91 Å². The molecule has 2 saturated heterocycles. The quantitative estimate of drug-likeness (QED) is 0.835. The van der Waals surface area contributed by atoms with E-state index in [1.807, 2.05) is 43.3 Å². The molecule has 0 saturated carbocycles. The van der Waals surface area contributed by atoms with Crippen molar-refractivity contribution in [2.24, 2.45) is 0 Å². The van der Waals surface area contributed by atoms with Crippen LogP contribution < -0.4 is 20.7 Å². The summed E-state index contributed by atoms with van der Waals surface area (Å²) in [7, 11) is 3.91. The minimum absolute atomic E-state index is 0.0172. The molecule has 0 aromatic heterocycles. The van der Waals surface area contributed by atoms with Gasteiger partial charge in [-0.15, -0.1) is 0 Å². The van der Waals surface area contributed by atoms with Crippen molar-refractivity contribution in [3.05, 3.63) is 59.9 Å². The van der Waals surface area contributed by atoms with Crippen LogP contribution in [0.1, 0.15) is 23.2 Å². The monoisotopic (exact) mass is 397 g/mol. The second-order valence-corrected chi connectivity index (χ2v) is 7.67. The van der Waals surface area contributed by atoms with Gasteiger partial charge in [0, 0.05) is 51.3 Å². The molecule has 2 N–H and O–H groups in total. The average molecular weight is 397 g/mol. The highest BCUT2D eigenvalue weighted by Gasteiger charge is 2.45. The number of rotatable bonds is 3. The first-order chi connectivity index (χ1) is 13.9. The first-order valence-corrected chi connectivity index (χ1v) is 9.59. The maximum atomic E-state index is 13.5. The number of anilines is 2. The standard InChI is InChI=1S/C21H24FN5O2/c1-25(2)17-8-6-15(7-9-17)19(28)26-12-10-21(11-13-26)23-20(29)27(24-21)18-5-3-4-16(22)14-18/h3-9,14,24H,10-13H2,1-2H3,(H,23,29). The zero-order valence-corrected chi connectivity index (χ0v) is 16.5. The Morgan fingerprint density at radius 2 is 1.79 bits per heavy atom. The Hall–Kier alpha value is -3.13. The van der Waals surface area contributed by atoms with Crippen LogP contribution in [0.5, 0.6) is 0 Å². The fourth-order valence-corrected chi connectivity index (χ4v) is 3.76. The lowest BCUT2D eigenvalue weighted by Gasteiger charge is -2.38. The number of carbonyl (C=O) groups is 2. The Kier molecular flexibility index (Phi) is 4.87. The first-order valence-electron chi connectivity index (χ1n) is 9.59. The molecule has 2 heterocycles. The number of hydrazine groups is 1. The minimum atomic E-state index is -0.630. The third-order valence-corrected chi connectivity index (χ3v) is 5.48. The van der Waals surface area contributed by atoms with E-state index >= 15 is 0 Å². The fourth-order valence-electron chi connectivity index (χ4n) is 3.76. The van der Waals surface area contributed by atoms with Gasteiger partial charge in [-0.3, -0.25) is 4.79 Å². The molecule has 0 radical (unpaired) electrons. The fraction of sp³-hybridized carbons (Fsp3) is 0.333. The number of benzene rings is 2. The van der Waals surface area contributed by atoms with Crippen molar-refractivity contribution < 1.29 is 14.0 Å². The summed E-state index contributed by atoms with van der Waals surface area (Å²) < 4.78 is 13.5. The Bertz CT molecular complexity index is 923. The number of piperidine rings is 1. The minimum Gasteiger partial charge on any atom is -0.378 e. The zero-order valence-electron chi connectivity index (χ0n) is 16.5. The summed E-state index contributed by atoms with van der Waals surface area (Å²) in [4.78, 5) is 29.0. The molecule has 152 valence electrons. The van der Waals surface area contributed by atoms with Crippen LogP contribution in [0.3, 0.4) is 0 Å². The molecule has 8 heteroatoms. The van der Waals surface area contributed by atoms with Crippen LogP contribution in [-0.2, 0) is 0 Å². The van der Waals surface area contributed by atoms with Crippen LogP contribution in [0, 0.1) is 5.82 Å². The SMILES string of the molecule is CN(C)c1ccc(C(=O)N2CCC3(CC2)NC(=O)N(c2cccc(F)c2)N3)cc1. The molecule has 0 bridgehead atoms. The number of hydrogen-bond donors (Lipinski definition) is 2. The molecule has 0 atom stereocenters. The average Bonchev–Trinajstić information content (AvgIpc) is 3.04. The zero-order chi connectivity index (χ0) is 20.6. The van der Waals surface area contributed by atoms with E-state index in [0.717, 1.165) is 5.69 Å². The number of hydrogen-bond acceptors (Lipinski definition) is 4. The van der Waals surface area contributed by atoms with E-state index in [-0.39, 0.29) is 11.9 Å². The topological polar surface area (TPSA) is 67.9 Å². The van der Waals surface area contributed by atoms with Crippen LogP contribution in [0.15, 0.2) is 48.5 Å². The number of nitrogens with one attached hydrogen (secondary N) is 2. The van der Waals surface area contributed by atoms with E-state index < -0.39 is 11.5 Å². The first kappa shape index (κ1) is 19.2. The van der Waals surface area contributed by atoms with Gasteiger partial charge >= 0.3 is 6.03 Å². The van der Waals surface area contributed by atoms with E-state index in [9.17, 15) is 14.0 Å². The molecule has 2 aromatic carbocycles. The van der Waals surface area contributed by atoms with E-state index in [1.54, 1.807) is 17.0 Å². The summed E-state index contributed by atoms with van der Waals surface area (Å²) in [6.45, 7) is 1.02. The molecule has 1 spiro atoms. The normalized spacial score (nSPS) is 18.1. The molecule has 3 amide bonds. The highest BCUT2D eigenvalue weighted by molar-refractivity contribution is 5.95. The Morgan fingerprint density at radius 3 is 2.41 bits per heavy atom. The van der Waals surface area contributed by atoms with Crippen LogP contribution >= 0.6 is 0 Å². The lowest BCUT2D eigenvalue weighted by Crippen LogP contribution is -2.58. The van der Waals surface area contributed by atoms with Crippen LogP contribution in [0.2, 0.25) is 0 Å². The lowest BCUT2D eigenvalue weighted by molar-refractivity contribution is 0.0640. The summed E-state index contributed by atoms with van der Waals surface area (Å²) in [6.07, 6.45) is 1.12. The summed E-state index contributed by atoms with van der Waals surface area (Å²) in [6, 6.07) is 13.1. The van der Waals surface area contributed by atoms with Crippen LogP contribution in [-0.4, -0.2) is 49.7 Å². The number of urea groups is 1. The molecule has 7 nitrogen and oxygen atoms in total. The maximum Gasteiger partial charge on any atom is 0.338 e. The van der Waals surface area contributed by atoms with Crippen molar-refractivity contribution in [2.75, 3.05) is 37.1 Å². The van der Waals surface area contributed by atoms with Gasteiger partial charge in [0.15, 0.2) is 0 Å².